The van der Waals surface area contributed by atoms with Crippen molar-refractivity contribution < 1.29 is 0 Å². The third-order valence-corrected chi connectivity index (χ3v) is 1.42. The highest BCUT2D eigenvalue weighted by Crippen LogP contribution is 2.07. The molecule has 52 valence electrons. The topological polar surface area (TPSA) is 12.0 Å². The number of nitrogens with one attached hydrogen (secondary N) is 1. The molecule has 1 unspecified atom stereocenters. The lowest BCUT2D eigenvalue weighted by atomic mass is 10.1. The number of terminal acetylenes is 1. The van der Waals surface area contributed by atoms with Crippen molar-refractivity contribution in [2.45, 2.75) is 19.9 Å². The Morgan fingerprint density at radius 1 is 1.70 bits per heavy atom. The summed E-state index contributed by atoms with van der Waals surface area (Å²) in [4.78, 5) is 0. The van der Waals surface area contributed by atoms with Crippen LogP contribution in [0.3, 0.4) is 0 Å². The molecule has 0 aromatic heterocycles. The smallest absolute Gasteiger partial charge is 0.0428 e. The second kappa shape index (κ2) is 2.62. The van der Waals surface area contributed by atoms with Crippen LogP contribution in [0.25, 0.3) is 0 Å². The zero-order valence-electron chi connectivity index (χ0n) is 6.31. The summed E-state index contributed by atoms with van der Waals surface area (Å²) in [5.74, 6) is 2.61. The Kier molecular flexibility index (Phi) is 1.82. The van der Waals surface area contributed by atoms with Gasteiger partial charge in [-0.15, -0.1) is 6.42 Å². The molecule has 10 heavy (non-hydrogen) atoms. The van der Waals surface area contributed by atoms with Crippen LogP contribution in [0.5, 0.6) is 0 Å². The van der Waals surface area contributed by atoms with Gasteiger partial charge in [-0.2, -0.15) is 0 Å². The van der Waals surface area contributed by atoms with Gasteiger partial charge in [0.25, 0.3) is 0 Å². The lowest BCUT2D eigenvalue weighted by molar-refractivity contribution is 0.715. The van der Waals surface area contributed by atoms with Crippen LogP contribution in [-0.4, -0.2) is 6.04 Å². The summed E-state index contributed by atoms with van der Waals surface area (Å²) in [5, 5.41) is 3.23. The Morgan fingerprint density at radius 2 is 2.40 bits per heavy atom. The standard InChI is InChI=1S/C9H11N/c1-4-9-5-7(2)10-8(3)6-9/h1,5-7,10H,2-3H3. The Balaban J connectivity index is 2.84. The fourth-order valence-corrected chi connectivity index (χ4v) is 1.08. The lowest BCUT2D eigenvalue weighted by Gasteiger charge is -2.16. The second-order valence-corrected chi connectivity index (χ2v) is 2.53. The first-order valence-electron chi connectivity index (χ1n) is 3.35. The first-order valence-corrected chi connectivity index (χ1v) is 3.35. The van der Waals surface area contributed by atoms with Crippen LogP contribution in [0.1, 0.15) is 13.8 Å². The van der Waals surface area contributed by atoms with E-state index in [1.807, 2.05) is 19.1 Å². The van der Waals surface area contributed by atoms with Gasteiger partial charge in [0, 0.05) is 17.3 Å². The summed E-state index contributed by atoms with van der Waals surface area (Å²) in [6, 6.07) is 0.371. The van der Waals surface area contributed by atoms with E-state index in [4.69, 9.17) is 6.42 Å². The van der Waals surface area contributed by atoms with Crippen molar-refractivity contribution in [1.29, 1.82) is 0 Å². The Hall–Kier alpha value is -1.16. The number of hydrogen-bond donors (Lipinski definition) is 1. The molecule has 1 rings (SSSR count). The van der Waals surface area contributed by atoms with Gasteiger partial charge in [-0.25, -0.2) is 0 Å². The van der Waals surface area contributed by atoms with Gasteiger partial charge in [0.1, 0.15) is 0 Å². The van der Waals surface area contributed by atoms with Gasteiger partial charge in [0.15, 0.2) is 0 Å². The average molecular weight is 133 g/mol. The highest BCUT2D eigenvalue weighted by Gasteiger charge is 2.03. The number of rotatable bonds is 0. The zero-order chi connectivity index (χ0) is 7.56. The van der Waals surface area contributed by atoms with E-state index in [1.165, 1.54) is 0 Å². The molecule has 0 aromatic rings. The molecule has 1 atom stereocenters. The molecule has 1 aliphatic rings. The number of allylic oxidation sites excluding steroid dienone is 3. The molecule has 1 aliphatic heterocycles. The molecule has 0 amide bonds. The molecule has 0 radical (unpaired) electrons. The van der Waals surface area contributed by atoms with E-state index in [2.05, 4.69) is 18.2 Å². The van der Waals surface area contributed by atoms with Crippen molar-refractivity contribution in [2.75, 3.05) is 0 Å². The fourth-order valence-electron chi connectivity index (χ4n) is 1.08. The van der Waals surface area contributed by atoms with Crippen molar-refractivity contribution in [1.82, 2.24) is 5.32 Å². The summed E-state index contributed by atoms with van der Waals surface area (Å²) in [7, 11) is 0. The molecule has 0 spiro atoms. The third-order valence-electron chi connectivity index (χ3n) is 1.42. The van der Waals surface area contributed by atoms with Crippen LogP contribution in [-0.2, 0) is 0 Å². The Morgan fingerprint density at radius 3 is 2.90 bits per heavy atom. The van der Waals surface area contributed by atoms with Crippen LogP contribution < -0.4 is 5.32 Å². The molecule has 0 fully saturated rings. The minimum absolute atomic E-state index is 0.371. The van der Waals surface area contributed by atoms with E-state index in [-0.39, 0.29) is 0 Å². The summed E-state index contributed by atoms with van der Waals surface area (Å²) in [5.41, 5.74) is 2.12. The molecule has 1 heterocycles. The highest BCUT2D eigenvalue weighted by atomic mass is 14.9. The lowest BCUT2D eigenvalue weighted by Crippen LogP contribution is -2.24. The Labute approximate surface area is 61.8 Å². The molecular formula is C9H11N. The molecule has 0 bridgehead atoms. The second-order valence-electron chi connectivity index (χ2n) is 2.53. The van der Waals surface area contributed by atoms with E-state index in [0.717, 1.165) is 11.3 Å². The van der Waals surface area contributed by atoms with Crippen LogP contribution in [0.4, 0.5) is 0 Å². The first-order chi connectivity index (χ1) is 4.72. The van der Waals surface area contributed by atoms with Gasteiger partial charge in [-0.05, 0) is 26.0 Å². The molecule has 1 nitrogen and oxygen atoms in total. The van der Waals surface area contributed by atoms with E-state index in [9.17, 15) is 0 Å². The summed E-state index contributed by atoms with van der Waals surface area (Å²) < 4.78 is 0. The predicted octanol–water partition coefficient (Wildman–Crippen LogP) is 1.44. The van der Waals surface area contributed by atoms with Crippen molar-refractivity contribution in [3.05, 3.63) is 23.4 Å². The van der Waals surface area contributed by atoms with Crippen molar-refractivity contribution >= 4 is 0 Å². The average Bonchev–Trinajstić information content (AvgIpc) is 1.85. The molecular weight excluding hydrogens is 122 g/mol. The van der Waals surface area contributed by atoms with Crippen molar-refractivity contribution in [3.63, 3.8) is 0 Å². The highest BCUT2D eigenvalue weighted by molar-refractivity contribution is 5.41. The largest absolute Gasteiger partial charge is 0.383 e. The van der Waals surface area contributed by atoms with Crippen molar-refractivity contribution in [3.8, 4) is 12.3 Å². The molecule has 0 aromatic carbocycles. The summed E-state index contributed by atoms with van der Waals surface area (Å²) in [6.45, 7) is 4.09. The quantitative estimate of drug-likeness (QED) is 0.493. The van der Waals surface area contributed by atoms with Gasteiger partial charge < -0.3 is 5.32 Å². The Bertz CT molecular complexity index is 228. The minimum Gasteiger partial charge on any atom is -0.383 e. The maximum atomic E-state index is 5.24. The van der Waals surface area contributed by atoms with E-state index in [0.29, 0.717) is 6.04 Å². The maximum absolute atomic E-state index is 5.24. The molecule has 0 aliphatic carbocycles. The SMILES string of the molecule is C#CC1=CC(C)NC(C)=C1. The zero-order valence-corrected chi connectivity index (χ0v) is 6.31. The molecule has 0 saturated carbocycles. The van der Waals surface area contributed by atoms with Crippen LogP contribution in [0, 0.1) is 12.3 Å². The van der Waals surface area contributed by atoms with Crippen LogP contribution in [0.15, 0.2) is 23.4 Å². The third kappa shape index (κ3) is 1.41. The van der Waals surface area contributed by atoms with Gasteiger partial charge in [0.05, 0.1) is 0 Å². The van der Waals surface area contributed by atoms with Crippen molar-refractivity contribution in [2.24, 2.45) is 0 Å². The van der Waals surface area contributed by atoms with E-state index in [1.54, 1.807) is 0 Å². The fraction of sp³-hybridized carbons (Fsp3) is 0.333. The molecule has 1 heteroatoms. The van der Waals surface area contributed by atoms with Gasteiger partial charge >= 0.3 is 0 Å². The monoisotopic (exact) mass is 133 g/mol. The minimum atomic E-state index is 0.371. The number of hydrogen-bond acceptors (Lipinski definition) is 1. The normalized spacial score (nSPS) is 23.9. The van der Waals surface area contributed by atoms with Gasteiger partial charge in [-0.1, -0.05) is 5.92 Å². The van der Waals surface area contributed by atoms with Gasteiger partial charge in [0.2, 0.25) is 0 Å². The van der Waals surface area contributed by atoms with E-state index < -0.39 is 0 Å². The van der Waals surface area contributed by atoms with E-state index >= 15 is 0 Å². The summed E-state index contributed by atoms with van der Waals surface area (Å²) >= 11 is 0. The first kappa shape index (κ1) is 6.95. The predicted molar refractivity (Wildman–Crippen MR) is 43.3 cm³/mol. The molecule has 0 saturated heterocycles. The molecule has 1 N–H and O–H groups in total. The van der Waals surface area contributed by atoms with Crippen LogP contribution >= 0.6 is 0 Å². The van der Waals surface area contributed by atoms with Gasteiger partial charge in [-0.3, -0.25) is 0 Å². The maximum Gasteiger partial charge on any atom is 0.0428 e. The number of dihydropyridines is 1. The summed E-state index contributed by atoms with van der Waals surface area (Å²) in [6.07, 6.45) is 9.24. The van der Waals surface area contributed by atoms with Crippen LogP contribution in [0.2, 0.25) is 0 Å².